The minimum Gasteiger partial charge on any atom is -0.375 e. The Morgan fingerprint density at radius 3 is 2.80 bits per heavy atom. The summed E-state index contributed by atoms with van der Waals surface area (Å²) in [4.78, 5) is 11.3. The number of amides is 1. The summed E-state index contributed by atoms with van der Waals surface area (Å²) in [6, 6.07) is -0.392. The Balaban J connectivity index is 3.42. The number of rotatable bonds is 8. The van der Waals surface area contributed by atoms with E-state index < -0.39 is 6.04 Å². The molecule has 1 amide bonds. The molecule has 88 valence electrons. The molecule has 4 heteroatoms. The molecular weight excluding hydrogens is 192 g/mol. The van der Waals surface area contributed by atoms with E-state index in [4.69, 9.17) is 10.5 Å². The van der Waals surface area contributed by atoms with E-state index in [1.54, 1.807) is 0 Å². The van der Waals surface area contributed by atoms with Gasteiger partial charge in [-0.15, -0.1) is 0 Å². The number of hydrogen-bond acceptors (Lipinski definition) is 3. The van der Waals surface area contributed by atoms with Gasteiger partial charge in [-0.25, -0.2) is 0 Å². The van der Waals surface area contributed by atoms with E-state index in [0.29, 0.717) is 19.8 Å². The van der Waals surface area contributed by atoms with Crippen LogP contribution >= 0.6 is 0 Å². The molecular formula is C11H22N2O2. The first-order valence-corrected chi connectivity index (χ1v) is 5.33. The van der Waals surface area contributed by atoms with Crippen LogP contribution in [0, 0.1) is 0 Å². The number of nitrogens with one attached hydrogen (secondary N) is 1. The molecule has 0 saturated heterocycles. The Morgan fingerprint density at radius 2 is 2.27 bits per heavy atom. The first-order chi connectivity index (χ1) is 7.07. The molecule has 0 rings (SSSR count). The maximum absolute atomic E-state index is 11.3. The molecule has 0 aliphatic heterocycles. The Kier molecular flexibility index (Phi) is 7.95. The van der Waals surface area contributed by atoms with Crippen LogP contribution in [-0.4, -0.2) is 31.7 Å². The summed E-state index contributed by atoms with van der Waals surface area (Å²) in [5.41, 5.74) is 6.60. The third-order valence-corrected chi connectivity index (χ3v) is 1.83. The van der Waals surface area contributed by atoms with Gasteiger partial charge in [-0.05, 0) is 13.3 Å². The molecule has 0 heterocycles. The predicted octanol–water partition coefficient (Wildman–Crippen LogP) is 0.823. The SMILES string of the molecule is C=C(C)COCCNC(=O)C(N)CCC. The third-order valence-electron chi connectivity index (χ3n) is 1.83. The maximum atomic E-state index is 11.3. The smallest absolute Gasteiger partial charge is 0.236 e. The van der Waals surface area contributed by atoms with Crippen molar-refractivity contribution < 1.29 is 9.53 Å². The van der Waals surface area contributed by atoms with Crippen LogP contribution < -0.4 is 11.1 Å². The van der Waals surface area contributed by atoms with Crippen LogP contribution in [-0.2, 0) is 9.53 Å². The van der Waals surface area contributed by atoms with E-state index in [9.17, 15) is 4.79 Å². The van der Waals surface area contributed by atoms with Crippen LogP contribution in [0.25, 0.3) is 0 Å². The molecule has 0 aromatic carbocycles. The van der Waals surface area contributed by atoms with E-state index >= 15 is 0 Å². The number of nitrogens with two attached hydrogens (primary N) is 1. The van der Waals surface area contributed by atoms with Crippen molar-refractivity contribution in [3.8, 4) is 0 Å². The quantitative estimate of drug-likeness (QED) is 0.464. The van der Waals surface area contributed by atoms with E-state index in [1.165, 1.54) is 0 Å². The van der Waals surface area contributed by atoms with E-state index in [1.807, 2.05) is 13.8 Å². The first-order valence-electron chi connectivity index (χ1n) is 5.33. The van der Waals surface area contributed by atoms with Gasteiger partial charge in [0, 0.05) is 6.54 Å². The second-order valence-electron chi connectivity index (χ2n) is 3.70. The molecule has 4 nitrogen and oxygen atoms in total. The lowest BCUT2D eigenvalue weighted by Gasteiger charge is -2.11. The fourth-order valence-corrected chi connectivity index (χ4v) is 1.07. The van der Waals surface area contributed by atoms with Gasteiger partial charge in [-0.3, -0.25) is 4.79 Å². The Bertz CT molecular complexity index is 205. The summed E-state index contributed by atoms with van der Waals surface area (Å²) in [5.74, 6) is -0.101. The summed E-state index contributed by atoms with van der Waals surface area (Å²) in [6.07, 6.45) is 1.64. The standard InChI is InChI=1S/C11H22N2O2/c1-4-5-10(12)11(14)13-6-7-15-8-9(2)3/h10H,2,4-8,12H2,1,3H3,(H,13,14). The fourth-order valence-electron chi connectivity index (χ4n) is 1.07. The van der Waals surface area contributed by atoms with Gasteiger partial charge in [-0.1, -0.05) is 25.5 Å². The molecule has 0 saturated carbocycles. The molecule has 0 aliphatic rings. The van der Waals surface area contributed by atoms with Crippen molar-refractivity contribution in [2.24, 2.45) is 5.73 Å². The van der Waals surface area contributed by atoms with Gasteiger partial charge < -0.3 is 15.8 Å². The third kappa shape index (κ3) is 8.15. The Labute approximate surface area is 91.9 Å². The minimum atomic E-state index is -0.392. The van der Waals surface area contributed by atoms with Crippen LogP contribution in [0.1, 0.15) is 26.7 Å². The van der Waals surface area contributed by atoms with Crippen LogP contribution in [0.15, 0.2) is 12.2 Å². The molecule has 0 bridgehead atoms. The highest BCUT2D eigenvalue weighted by Crippen LogP contribution is 1.92. The van der Waals surface area contributed by atoms with Gasteiger partial charge in [0.15, 0.2) is 0 Å². The molecule has 1 unspecified atom stereocenters. The number of carbonyl (C=O) groups excluding carboxylic acids is 1. The summed E-state index contributed by atoms with van der Waals surface area (Å²) in [7, 11) is 0. The number of ether oxygens (including phenoxy) is 1. The van der Waals surface area contributed by atoms with Crippen molar-refractivity contribution in [3.05, 3.63) is 12.2 Å². The zero-order valence-electron chi connectivity index (χ0n) is 9.71. The van der Waals surface area contributed by atoms with Crippen molar-refractivity contribution in [2.75, 3.05) is 19.8 Å². The van der Waals surface area contributed by atoms with Gasteiger partial charge in [-0.2, -0.15) is 0 Å². The normalized spacial score (nSPS) is 12.2. The van der Waals surface area contributed by atoms with Crippen molar-refractivity contribution in [3.63, 3.8) is 0 Å². The van der Waals surface area contributed by atoms with E-state index in [0.717, 1.165) is 18.4 Å². The molecule has 0 spiro atoms. The summed E-state index contributed by atoms with van der Waals surface area (Å²) in [5, 5.41) is 2.72. The highest BCUT2D eigenvalue weighted by atomic mass is 16.5. The van der Waals surface area contributed by atoms with Gasteiger partial charge >= 0.3 is 0 Å². The highest BCUT2D eigenvalue weighted by molar-refractivity contribution is 5.81. The zero-order valence-corrected chi connectivity index (χ0v) is 9.71. The summed E-state index contributed by atoms with van der Waals surface area (Å²) < 4.78 is 5.23. The molecule has 0 fully saturated rings. The second-order valence-corrected chi connectivity index (χ2v) is 3.70. The van der Waals surface area contributed by atoms with Crippen LogP contribution in [0.3, 0.4) is 0 Å². The maximum Gasteiger partial charge on any atom is 0.236 e. The Hall–Kier alpha value is -0.870. The van der Waals surface area contributed by atoms with Crippen molar-refractivity contribution >= 4 is 5.91 Å². The molecule has 0 aromatic rings. The topological polar surface area (TPSA) is 64.3 Å². The molecule has 15 heavy (non-hydrogen) atoms. The first kappa shape index (κ1) is 14.1. The lowest BCUT2D eigenvalue weighted by Crippen LogP contribution is -2.41. The molecule has 0 aromatic heterocycles. The average molecular weight is 214 g/mol. The lowest BCUT2D eigenvalue weighted by molar-refractivity contribution is -0.122. The van der Waals surface area contributed by atoms with Crippen LogP contribution in [0.5, 0.6) is 0 Å². The molecule has 0 radical (unpaired) electrons. The lowest BCUT2D eigenvalue weighted by atomic mass is 10.2. The molecule has 3 N–H and O–H groups in total. The van der Waals surface area contributed by atoms with Crippen LogP contribution in [0.2, 0.25) is 0 Å². The second kappa shape index (κ2) is 8.44. The molecule has 1 atom stereocenters. The summed E-state index contributed by atoms with van der Waals surface area (Å²) in [6.45, 7) is 9.15. The van der Waals surface area contributed by atoms with Crippen molar-refractivity contribution in [1.29, 1.82) is 0 Å². The average Bonchev–Trinajstić information content (AvgIpc) is 2.16. The van der Waals surface area contributed by atoms with E-state index in [-0.39, 0.29) is 5.91 Å². The Morgan fingerprint density at radius 1 is 1.60 bits per heavy atom. The van der Waals surface area contributed by atoms with Crippen molar-refractivity contribution in [2.45, 2.75) is 32.7 Å². The minimum absolute atomic E-state index is 0.101. The highest BCUT2D eigenvalue weighted by Gasteiger charge is 2.10. The van der Waals surface area contributed by atoms with Gasteiger partial charge in [0.2, 0.25) is 5.91 Å². The van der Waals surface area contributed by atoms with Crippen LogP contribution in [0.4, 0.5) is 0 Å². The predicted molar refractivity (Wildman–Crippen MR) is 61.5 cm³/mol. The number of hydrogen-bond donors (Lipinski definition) is 2. The van der Waals surface area contributed by atoms with Gasteiger partial charge in [0.05, 0.1) is 19.3 Å². The number of carbonyl (C=O) groups is 1. The van der Waals surface area contributed by atoms with Gasteiger partial charge in [0.1, 0.15) is 0 Å². The monoisotopic (exact) mass is 214 g/mol. The van der Waals surface area contributed by atoms with Gasteiger partial charge in [0.25, 0.3) is 0 Å². The fraction of sp³-hybridized carbons (Fsp3) is 0.727. The summed E-state index contributed by atoms with van der Waals surface area (Å²) >= 11 is 0. The zero-order chi connectivity index (χ0) is 11.7. The molecule has 0 aliphatic carbocycles. The van der Waals surface area contributed by atoms with E-state index in [2.05, 4.69) is 11.9 Å². The van der Waals surface area contributed by atoms with Crippen molar-refractivity contribution in [1.82, 2.24) is 5.32 Å². The largest absolute Gasteiger partial charge is 0.375 e.